The topological polar surface area (TPSA) is 59.8 Å². The lowest BCUT2D eigenvalue weighted by molar-refractivity contribution is -0.155. The maximum Gasteiger partial charge on any atom is 0.433 e. The summed E-state index contributed by atoms with van der Waals surface area (Å²) in [6.45, 7) is 0.408. The zero-order chi connectivity index (χ0) is 20.3. The molecule has 0 aromatic carbocycles. The van der Waals surface area contributed by atoms with Crippen molar-refractivity contribution in [3.8, 4) is 11.3 Å². The number of aromatic nitrogens is 3. The molecule has 0 unspecified atom stereocenters. The Labute approximate surface area is 154 Å². The number of hydrogen-bond acceptors (Lipinski definition) is 3. The lowest BCUT2D eigenvalue weighted by Crippen LogP contribution is -2.30. The Morgan fingerprint density at radius 3 is 2.57 bits per heavy atom. The first-order valence-electron chi connectivity index (χ1n) is 8.52. The van der Waals surface area contributed by atoms with Crippen LogP contribution in [0.4, 0.5) is 26.3 Å². The largest absolute Gasteiger partial charge is 0.433 e. The number of alkyl halides is 6. The molecule has 2 aromatic heterocycles. The van der Waals surface area contributed by atoms with E-state index < -0.39 is 41.8 Å². The summed E-state index contributed by atoms with van der Waals surface area (Å²) in [5.74, 6) is -3.34. The van der Waals surface area contributed by atoms with Gasteiger partial charge in [0, 0.05) is 18.3 Å². The van der Waals surface area contributed by atoms with Crippen LogP contribution in [0.25, 0.3) is 11.3 Å². The van der Waals surface area contributed by atoms with Crippen molar-refractivity contribution in [2.45, 2.75) is 37.8 Å². The molecular weight excluding hydrogens is 390 g/mol. The van der Waals surface area contributed by atoms with Gasteiger partial charge in [-0.05, 0) is 31.0 Å². The molecule has 1 fully saturated rings. The van der Waals surface area contributed by atoms with Crippen molar-refractivity contribution in [3.05, 3.63) is 35.8 Å². The van der Waals surface area contributed by atoms with Gasteiger partial charge in [0.25, 0.3) is 0 Å². The molecule has 150 valence electrons. The fourth-order valence-electron chi connectivity index (χ4n) is 3.45. The van der Waals surface area contributed by atoms with Gasteiger partial charge in [-0.15, -0.1) is 0 Å². The average Bonchev–Trinajstić information content (AvgIpc) is 3.20. The predicted octanol–water partition coefficient (Wildman–Crippen LogP) is 3.72. The van der Waals surface area contributed by atoms with Gasteiger partial charge in [0.2, 0.25) is 5.91 Å². The number of hydrogen-bond donors (Lipinski definition) is 1. The second-order valence-electron chi connectivity index (χ2n) is 6.95. The Balaban J connectivity index is 1.50. The Hall–Kier alpha value is -2.59. The van der Waals surface area contributed by atoms with Crippen LogP contribution in [0, 0.1) is 11.8 Å². The summed E-state index contributed by atoms with van der Waals surface area (Å²) in [6.07, 6.45) is -7.70. The summed E-state index contributed by atoms with van der Waals surface area (Å²) < 4.78 is 77.9. The summed E-state index contributed by atoms with van der Waals surface area (Å²) in [5, 5.41) is 6.85. The Morgan fingerprint density at radius 1 is 1.18 bits per heavy atom. The first kappa shape index (κ1) is 18.8. The molecule has 5 nitrogen and oxygen atoms in total. The molecule has 1 aliphatic heterocycles. The zero-order valence-corrected chi connectivity index (χ0v) is 14.2. The molecule has 28 heavy (non-hydrogen) atoms. The Bertz CT molecular complexity index is 919. The van der Waals surface area contributed by atoms with Crippen LogP contribution in [0.2, 0.25) is 0 Å². The van der Waals surface area contributed by atoms with Crippen LogP contribution in [-0.2, 0) is 17.5 Å². The van der Waals surface area contributed by atoms with Crippen molar-refractivity contribution in [2.24, 2.45) is 11.8 Å². The molecular formula is C17H14F6N4O. The highest BCUT2D eigenvalue weighted by Gasteiger charge is 2.59. The van der Waals surface area contributed by atoms with Gasteiger partial charge in [0.1, 0.15) is 5.69 Å². The van der Waals surface area contributed by atoms with Crippen molar-refractivity contribution in [3.63, 3.8) is 0 Å². The number of carbonyl (C=O) groups is 1. The quantitative estimate of drug-likeness (QED) is 0.794. The molecule has 2 aromatic rings. The van der Waals surface area contributed by atoms with Gasteiger partial charge in [-0.25, -0.2) is 0 Å². The van der Waals surface area contributed by atoms with Crippen LogP contribution in [0.5, 0.6) is 0 Å². The van der Waals surface area contributed by atoms with Gasteiger partial charge in [0.05, 0.1) is 29.3 Å². The van der Waals surface area contributed by atoms with Crippen LogP contribution in [0.3, 0.4) is 0 Å². The molecule has 3 atom stereocenters. The molecule has 0 bridgehead atoms. The number of nitrogens with one attached hydrogen (secondary N) is 1. The number of nitrogens with zero attached hydrogens (tertiary/aromatic N) is 3. The number of rotatable bonds is 3. The lowest BCUT2D eigenvalue weighted by atomic mass is 10.1. The summed E-state index contributed by atoms with van der Waals surface area (Å²) in [7, 11) is 0. The van der Waals surface area contributed by atoms with Crippen LogP contribution in [0.15, 0.2) is 24.4 Å². The van der Waals surface area contributed by atoms with Gasteiger partial charge < -0.3 is 5.32 Å². The van der Waals surface area contributed by atoms with E-state index in [4.69, 9.17) is 0 Å². The molecule has 3 heterocycles. The summed E-state index contributed by atoms with van der Waals surface area (Å²) in [5.41, 5.74) is 0.00272. The van der Waals surface area contributed by atoms with Gasteiger partial charge in [-0.2, -0.15) is 31.4 Å². The number of pyridine rings is 1. The number of carbonyl (C=O) groups excluding carboxylic acids is 1. The van der Waals surface area contributed by atoms with E-state index in [-0.39, 0.29) is 17.7 Å². The second-order valence-corrected chi connectivity index (χ2v) is 6.95. The van der Waals surface area contributed by atoms with Crippen LogP contribution >= 0.6 is 0 Å². The highest BCUT2D eigenvalue weighted by molar-refractivity contribution is 5.82. The third-order valence-corrected chi connectivity index (χ3v) is 5.01. The summed E-state index contributed by atoms with van der Waals surface area (Å²) in [4.78, 5) is 15.4. The molecule has 1 aliphatic carbocycles. The average molecular weight is 404 g/mol. The summed E-state index contributed by atoms with van der Waals surface area (Å²) >= 11 is 0. The molecule has 11 heteroatoms. The SMILES string of the molecule is O=C(N[C@H]1CCn2nc(-c3ccnc(C(F)(F)F)c3)cc21)[C@@H]1C[C@H]1C(F)(F)F. The van der Waals surface area contributed by atoms with Crippen molar-refractivity contribution >= 4 is 5.91 Å². The van der Waals surface area contributed by atoms with E-state index in [2.05, 4.69) is 15.4 Å². The number of fused-ring (bicyclic) bond motifs is 1. The van der Waals surface area contributed by atoms with Crippen molar-refractivity contribution < 1.29 is 31.1 Å². The van der Waals surface area contributed by atoms with Crippen molar-refractivity contribution in [2.75, 3.05) is 0 Å². The number of amides is 1. The fourth-order valence-corrected chi connectivity index (χ4v) is 3.45. The minimum atomic E-state index is -4.59. The van der Waals surface area contributed by atoms with E-state index in [1.807, 2.05) is 0 Å². The van der Waals surface area contributed by atoms with Crippen LogP contribution < -0.4 is 5.32 Å². The molecule has 0 radical (unpaired) electrons. The second kappa shape index (κ2) is 6.21. The molecule has 4 rings (SSSR count). The van der Waals surface area contributed by atoms with Crippen molar-refractivity contribution in [1.82, 2.24) is 20.1 Å². The normalized spacial score (nSPS) is 24.1. The minimum Gasteiger partial charge on any atom is -0.347 e. The molecule has 1 N–H and O–H groups in total. The van der Waals surface area contributed by atoms with Crippen molar-refractivity contribution in [1.29, 1.82) is 0 Å². The third kappa shape index (κ3) is 3.45. The van der Waals surface area contributed by atoms with E-state index >= 15 is 0 Å². The Morgan fingerprint density at radius 2 is 1.93 bits per heavy atom. The highest BCUT2D eigenvalue weighted by Crippen LogP contribution is 2.50. The molecule has 2 aliphatic rings. The molecule has 0 saturated heterocycles. The van der Waals surface area contributed by atoms with Crippen LogP contribution in [-0.4, -0.2) is 26.8 Å². The van der Waals surface area contributed by atoms with E-state index in [1.165, 1.54) is 6.07 Å². The number of aryl methyl sites for hydroxylation is 1. The summed E-state index contributed by atoms with van der Waals surface area (Å²) in [6, 6.07) is 3.29. The number of halogens is 6. The first-order chi connectivity index (χ1) is 13.0. The molecule has 1 saturated carbocycles. The Kier molecular flexibility index (Phi) is 4.16. The predicted molar refractivity (Wildman–Crippen MR) is 83.6 cm³/mol. The highest BCUT2D eigenvalue weighted by atomic mass is 19.4. The van der Waals surface area contributed by atoms with Crippen LogP contribution in [0.1, 0.15) is 30.3 Å². The standard InChI is InChI=1S/C17H14F6N4O/c18-16(19,20)10-6-9(10)15(28)25-11-2-4-27-13(11)7-12(26-27)8-1-3-24-14(5-8)17(21,22)23/h1,3,5,7,9-11H,2,4,6H2,(H,25,28)/t9-,10-,11+/m1/s1. The molecule has 1 amide bonds. The first-order valence-corrected chi connectivity index (χ1v) is 8.52. The third-order valence-electron chi connectivity index (χ3n) is 5.01. The maximum absolute atomic E-state index is 12.8. The fraction of sp³-hybridized carbons (Fsp3) is 0.471. The van der Waals surface area contributed by atoms with E-state index in [1.54, 1.807) is 10.7 Å². The van der Waals surface area contributed by atoms with Gasteiger partial charge >= 0.3 is 12.4 Å². The van der Waals surface area contributed by atoms with E-state index in [9.17, 15) is 31.1 Å². The molecule has 0 spiro atoms. The zero-order valence-electron chi connectivity index (χ0n) is 14.2. The lowest BCUT2D eigenvalue weighted by Gasteiger charge is -2.12. The maximum atomic E-state index is 12.8. The minimum absolute atomic E-state index is 0.216. The van der Waals surface area contributed by atoms with E-state index in [0.29, 0.717) is 18.7 Å². The monoisotopic (exact) mass is 404 g/mol. The smallest absolute Gasteiger partial charge is 0.347 e. The van der Waals surface area contributed by atoms with Gasteiger partial charge in [0.15, 0.2) is 0 Å². The van der Waals surface area contributed by atoms with E-state index in [0.717, 1.165) is 12.3 Å². The van der Waals surface area contributed by atoms with Gasteiger partial charge in [-0.3, -0.25) is 14.5 Å². The van der Waals surface area contributed by atoms with Gasteiger partial charge in [-0.1, -0.05) is 0 Å².